The van der Waals surface area contributed by atoms with E-state index >= 15 is 0 Å². The largest absolute Gasteiger partial charge is 0.493 e. The van der Waals surface area contributed by atoms with Crippen LogP contribution in [0.5, 0.6) is 17.4 Å². The smallest absolute Gasteiger partial charge is 0.387 e. The molecule has 0 amide bonds. The molecular formula is C14H11F2N5O6. The number of aromatic amines is 1. The number of nitro groups is 1. The standard InChI is InChI=1S/C14H11F2N5O6/c1-24-8-5-6(3-4-7(8)26-14(15)16)11-18-19-12(27-11)9-10(21(22)23)13(25-2)20-17-9/h3-5,14H,1-2H3,(H,17,20). The van der Waals surface area contributed by atoms with E-state index in [0.29, 0.717) is 5.56 Å². The molecule has 142 valence electrons. The van der Waals surface area contributed by atoms with E-state index in [0.717, 1.165) is 0 Å². The molecule has 0 aliphatic heterocycles. The van der Waals surface area contributed by atoms with Crippen molar-refractivity contribution in [1.29, 1.82) is 0 Å². The van der Waals surface area contributed by atoms with Crippen LogP contribution in [0.4, 0.5) is 14.5 Å². The van der Waals surface area contributed by atoms with Gasteiger partial charge in [-0.2, -0.15) is 8.78 Å². The summed E-state index contributed by atoms with van der Waals surface area (Å²) in [5.74, 6) is -0.647. The van der Waals surface area contributed by atoms with Crippen LogP contribution in [0.2, 0.25) is 0 Å². The summed E-state index contributed by atoms with van der Waals surface area (Å²) < 4.78 is 44.4. The van der Waals surface area contributed by atoms with Gasteiger partial charge in [-0.25, -0.2) is 0 Å². The molecule has 2 aromatic heterocycles. The minimum Gasteiger partial charge on any atom is -0.493 e. The molecular weight excluding hydrogens is 372 g/mol. The average Bonchev–Trinajstić information content (AvgIpc) is 3.28. The second-order valence-corrected chi connectivity index (χ2v) is 4.87. The van der Waals surface area contributed by atoms with Gasteiger partial charge in [0.05, 0.1) is 19.1 Å². The van der Waals surface area contributed by atoms with Crippen molar-refractivity contribution >= 4 is 5.69 Å². The van der Waals surface area contributed by atoms with Crippen molar-refractivity contribution in [3.05, 3.63) is 28.3 Å². The van der Waals surface area contributed by atoms with Crippen LogP contribution in [0.25, 0.3) is 23.0 Å². The summed E-state index contributed by atoms with van der Waals surface area (Å²) in [6, 6.07) is 3.97. The molecule has 1 N–H and O–H groups in total. The number of ether oxygens (including phenoxy) is 3. The van der Waals surface area contributed by atoms with Gasteiger partial charge in [0.25, 0.3) is 5.89 Å². The number of nitrogens with zero attached hydrogens (tertiary/aromatic N) is 4. The number of aromatic nitrogens is 4. The molecule has 1 aromatic carbocycles. The summed E-state index contributed by atoms with van der Waals surface area (Å²) in [7, 11) is 2.50. The fourth-order valence-corrected chi connectivity index (χ4v) is 2.22. The molecule has 0 spiro atoms. The van der Waals surface area contributed by atoms with E-state index < -0.39 is 17.2 Å². The maximum absolute atomic E-state index is 12.4. The van der Waals surface area contributed by atoms with Gasteiger partial charge in [-0.15, -0.1) is 15.3 Å². The van der Waals surface area contributed by atoms with Crippen LogP contribution in [0.3, 0.4) is 0 Å². The number of methoxy groups -OCH3 is 2. The summed E-state index contributed by atoms with van der Waals surface area (Å²) in [6.45, 7) is -3.02. The van der Waals surface area contributed by atoms with Gasteiger partial charge in [0.15, 0.2) is 11.5 Å². The highest BCUT2D eigenvalue weighted by Crippen LogP contribution is 2.37. The number of nitrogens with one attached hydrogen (secondary N) is 1. The normalized spacial score (nSPS) is 10.9. The molecule has 0 saturated heterocycles. The molecule has 0 atom stereocenters. The highest BCUT2D eigenvalue weighted by atomic mass is 19.3. The van der Waals surface area contributed by atoms with E-state index in [1.165, 1.54) is 32.4 Å². The summed E-state index contributed by atoms with van der Waals surface area (Å²) in [5, 5.41) is 24.8. The molecule has 0 aliphatic rings. The van der Waals surface area contributed by atoms with E-state index in [1.807, 2.05) is 0 Å². The van der Waals surface area contributed by atoms with E-state index in [2.05, 4.69) is 25.1 Å². The maximum atomic E-state index is 12.4. The van der Waals surface area contributed by atoms with Crippen LogP contribution < -0.4 is 14.2 Å². The predicted molar refractivity (Wildman–Crippen MR) is 83.7 cm³/mol. The second kappa shape index (κ2) is 7.23. The number of alkyl halides is 2. The molecule has 0 aliphatic carbocycles. The third-order valence-electron chi connectivity index (χ3n) is 3.35. The lowest BCUT2D eigenvalue weighted by molar-refractivity contribution is -0.385. The number of hydrogen-bond acceptors (Lipinski definition) is 9. The monoisotopic (exact) mass is 383 g/mol. The van der Waals surface area contributed by atoms with Crippen LogP contribution >= 0.6 is 0 Å². The Balaban J connectivity index is 1.97. The second-order valence-electron chi connectivity index (χ2n) is 4.87. The van der Waals surface area contributed by atoms with Gasteiger partial charge in [-0.3, -0.25) is 15.2 Å². The lowest BCUT2D eigenvalue weighted by Gasteiger charge is -2.10. The van der Waals surface area contributed by atoms with Gasteiger partial charge in [-0.05, 0) is 18.2 Å². The zero-order valence-electron chi connectivity index (χ0n) is 13.8. The van der Waals surface area contributed by atoms with Crippen molar-refractivity contribution in [2.45, 2.75) is 6.61 Å². The Morgan fingerprint density at radius 1 is 1.19 bits per heavy atom. The Bertz CT molecular complexity index is 973. The third kappa shape index (κ3) is 3.47. The molecule has 0 bridgehead atoms. The predicted octanol–water partition coefficient (Wildman–Crippen LogP) is 2.65. The molecule has 0 radical (unpaired) electrons. The molecule has 27 heavy (non-hydrogen) atoms. The first-order valence-electron chi connectivity index (χ1n) is 7.18. The number of halogens is 2. The van der Waals surface area contributed by atoms with Crippen molar-refractivity contribution in [3.63, 3.8) is 0 Å². The number of rotatable bonds is 7. The maximum Gasteiger partial charge on any atom is 0.387 e. The lowest BCUT2D eigenvalue weighted by atomic mass is 10.2. The zero-order chi connectivity index (χ0) is 19.6. The Hall–Kier alpha value is -3.77. The van der Waals surface area contributed by atoms with Crippen molar-refractivity contribution in [2.75, 3.05) is 14.2 Å². The molecule has 3 rings (SSSR count). The topological polar surface area (TPSA) is 138 Å². The van der Waals surface area contributed by atoms with E-state index in [1.54, 1.807) is 0 Å². The highest BCUT2D eigenvalue weighted by molar-refractivity contribution is 5.68. The van der Waals surface area contributed by atoms with Gasteiger partial charge in [0, 0.05) is 5.56 Å². The first-order chi connectivity index (χ1) is 12.9. The third-order valence-corrected chi connectivity index (χ3v) is 3.35. The van der Waals surface area contributed by atoms with Gasteiger partial charge in [0.1, 0.15) is 0 Å². The quantitative estimate of drug-likeness (QED) is 0.482. The zero-order valence-corrected chi connectivity index (χ0v) is 13.8. The number of hydrogen-bond donors (Lipinski definition) is 1. The average molecular weight is 383 g/mol. The molecule has 11 nitrogen and oxygen atoms in total. The fourth-order valence-electron chi connectivity index (χ4n) is 2.22. The van der Waals surface area contributed by atoms with Gasteiger partial charge < -0.3 is 18.6 Å². The highest BCUT2D eigenvalue weighted by Gasteiger charge is 2.30. The molecule has 2 heterocycles. The summed E-state index contributed by atoms with van der Waals surface area (Å²) >= 11 is 0. The SMILES string of the molecule is COc1cc(-c2nnc(-c3[nH]nc(OC)c3[N+](=O)[O-])o2)ccc1OC(F)F. The summed E-state index contributed by atoms with van der Waals surface area (Å²) in [4.78, 5) is 10.5. The Morgan fingerprint density at radius 3 is 2.56 bits per heavy atom. The molecule has 13 heteroatoms. The lowest BCUT2D eigenvalue weighted by Crippen LogP contribution is -2.03. The number of benzene rings is 1. The number of H-pyrrole nitrogens is 1. The Kier molecular flexibility index (Phi) is 4.83. The van der Waals surface area contributed by atoms with Crippen molar-refractivity contribution in [1.82, 2.24) is 20.4 Å². The Morgan fingerprint density at radius 2 is 1.93 bits per heavy atom. The fraction of sp³-hybridized carbons (Fsp3) is 0.214. The summed E-state index contributed by atoms with van der Waals surface area (Å²) in [5.41, 5.74) is -0.285. The first-order valence-corrected chi connectivity index (χ1v) is 7.18. The van der Waals surface area contributed by atoms with Crippen LogP contribution in [-0.4, -0.2) is 46.1 Å². The van der Waals surface area contributed by atoms with Crippen LogP contribution in [0.1, 0.15) is 0 Å². The molecule has 0 unspecified atom stereocenters. The van der Waals surface area contributed by atoms with Crippen molar-refractivity contribution in [3.8, 4) is 40.4 Å². The van der Waals surface area contributed by atoms with Crippen LogP contribution in [0, 0.1) is 10.1 Å². The minimum absolute atomic E-state index is 0.0155. The molecule has 3 aromatic rings. The van der Waals surface area contributed by atoms with E-state index in [-0.39, 0.29) is 34.9 Å². The van der Waals surface area contributed by atoms with Crippen LogP contribution in [-0.2, 0) is 0 Å². The molecule has 0 saturated carbocycles. The van der Waals surface area contributed by atoms with Gasteiger partial charge in [0.2, 0.25) is 11.6 Å². The van der Waals surface area contributed by atoms with Gasteiger partial charge >= 0.3 is 18.2 Å². The Labute approximate surface area is 149 Å². The van der Waals surface area contributed by atoms with Crippen LogP contribution in [0.15, 0.2) is 22.6 Å². The van der Waals surface area contributed by atoms with Crippen molar-refractivity contribution in [2.24, 2.45) is 0 Å². The molecule has 0 fully saturated rings. The van der Waals surface area contributed by atoms with Gasteiger partial charge in [-0.1, -0.05) is 0 Å². The summed E-state index contributed by atoms with van der Waals surface area (Å²) in [6.07, 6.45) is 0. The van der Waals surface area contributed by atoms with Crippen molar-refractivity contribution < 1.29 is 32.3 Å². The minimum atomic E-state index is -3.02. The van der Waals surface area contributed by atoms with E-state index in [4.69, 9.17) is 13.9 Å². The first kappa shape index (κ1) is 18.0. The van der Waals surface area contributed by atoms with E-state index in [9.17, 15) is 18.9 Å².